The number of methoxy groups -OCH3 is 1. The molecule has 0 aliphatic rings. The number of rotatable bonds is 15. The largest absolute Gasteiger partial charge is 0.508 e. The van der Waals surface area contributed by atoms with Crippen LogP contribution in [0.25, 0.3) is 0 Å². The summed E-state index contributed by atoms with van der Waals surface area (Å²) in [4.78, 5) is 34.5. The quantitative estimate of drug-likeness (QED) is 0.214. The van der Waals surface area contributed by atoms with Crippen LogP contribution in [0.1, 0.15) is 94.5 Å². The zero-order chi connectivity index (χ0) is 24.8. The van der Waals surface area contributed by atoms with Gasteiger partial charge < -0.3 is 24.4 Å². The SMILES string of the molecule is COC(=O)c1c(O)cc(O)cc1C[C@@H](CCCCCCCCC[C@H](C)OC(C)=O)OC(C)=O. The normalized spacial score (nSPS) is 12.6. The number of carbonyl (C=O) groups excluding carboxylic acids is 3. The van der Waals surface area contributed by atoms with Gasteiger partial charge in [-0.1, -0.05) is 32.1 Å². The molecule has 0 saturated carbocycles. The van der Waals surface area contributed by atoms with E-state index < -0.39 is 18.0 Å². The van der Waals surface area contributed by atoms with Crippen LogP contribution in [0.15, 0.2) is 12.1 Å². The van der Waals surface area contributed by atoms with Crippen LogP contribution in [-0.4, -0.2) is 47.4 Å². The van der Waals surface area contributed by atoms with Gasteiger partial charge in [0.25, 0.3) is 0 Å². The molecule has 0 unspecified atom stereocenters. The third kappa shape index (κ3) is 11.6. The first-order chi connectivity index (χ1) is 15.6. The number of esters is 3. The smallest absolute Gasteiger partial charge is 0.341 e. The molecule has 1 rings (SSSR count). The Morgan fingerprint density at radius 1 is 0.848 bits per heavy atom. The van der Waals surface area contributed by atoms with Crippen LogP contribution in [0.2, 0.25) is 0 Å². The lowest BCUT2D eigenvalue weighted by Crippen LogP contribution is -2.21. The average Bonchev–Trinajstić information content (AvgIpc) is 2.70. The standard InChI is InChI=1S/C25H38O8/c1-17(32-18(2)26)12-10-8-6-5-7-9-11-13-22(33-19(3)27)15-20-14-21(28)16-23(29)24(20)25(30)31-4/h14,16-17,22,28-29H,5-13,15H2,1-4H3/t17-,22+/m0/s1. The molecule has 0 aromatic heterocycles. The molecular formula is C25H38O8. The highest BCUT2D eigenvalue weighted by molar-refractivity contribution is 5.94. The number of carbonyl (C=O) groups is 3. The summed E-state index contributed by atoms with van der Waals surface area (Å²) in [6, 6.07) is 2.46. The van der Waals surface area contributed by atoms with Crippen molar-refractivity contribution in [2.45, 2.75) is 97.2 Å². The molecule has 1 aromatic rings. The molecule has 8 heteroatoms. The summed E-state index contributed by atoms with van der Waals surface area (Å²) in [6.07, 6.45) is 8.40. The molecular weight excluding hydrogens is 428 g/mol. The van der Waals surface area contributed by atoms with Crippen molar-refractivity contribution in [3.05, 3.63) is 23.3 Å². The molecule has 1 aromatic carbocycles. The summed E-state index contributed by atoms with van der Waals surface area (Å²) in [5, 5.41) is 19.9. The molecule has 2 atom stereocenters. The monoisotopic (exact) mass is 466 g/mol. The lowest BCUT2D eigenvalue weighted by atomic mass is 9.96. The molecule has 186 valence electrons. The average molecular weight is 467 g/mol. The fraction of sp³-hybridized carbons (Fsp3) is 0.640. The molecule has 0 fully saturated rings. The summed E-state index contributed by atoms with van der Waals surface area (Å²) in [6.45, 7) is 4.66. The maximum absolute atomic E-state index is 12.1. The molecule has 0 saturated heterocycles. The van der Waals surface area contributed by atoms with Crippen molar-refractivity contribution in [2.75, 3.05) is 7.11 Å². The minimum absolute atomic E-state index is 0.0320. The Labute approximate surface area is 196 Å². The van der Waals surface area contributed by atoms with Crippen molar-refractivity contribution in [1.29, 1.82) is 0 Å². The molecule has 0 aliphatic carbocycles. The van der Waals surface area contributed by atoms with Crippen LogP contribution in [0, 0.1) is 0 Å². The van der Waals surface area contributed by atoms with E-state index in [1.54, 1.807) is 0 Å². The number of phenolic OH excluding ortho intramolecular Hbond substituents is 2. The number of hydrogen-bond acceptors (Lipinski definition) is 8. The first-order valence-corrected chi connectivity index (χ1v) is 11.6. The maximum Gasteiger partial charge on any atom is 0.341 e. The highest BCUT2D eigenvalue weighted by atomic mass is 16.5. The van der Waals surface area contributed by atoms with Gasteiger partial charge in [-0.15, -0.1) is 0 Å². The summed E-state index contributed by atoms with van der Waals surface area (Å²) in [5.74, 6) is -1.94. The van der Waals surface area contributed by atoms with Gasteiger partial charge in [0.2, 0.25) is 0 Å². The Kier molecular flexibility index (Phi) is 13.0. The first-order valence-electron chi connectivity index (χ1n) is 11.6. The van der Waals surface area contributed by atoms with Gasteiger partial charge in [0.15, 0.2) is 0 Å². The van der Waals surface area contributed by atoms with E-state index in [9.17, 15) is 24.6 Å². The highest BCUT2D eigenvalue weighted by Gasteiger charge is 2.22. The van der Waals surface area contributed by atoms with Crippen molar-refractivity contribution in [2.24, 2.45) is 0 Å². The van der Waals surface area contributed by atoms with Crippen LogP contribution in [0.3, 0.4) is 0 Å². The van der Waals surface area contributed by atoms with Gasteiger partial charge in [0.1, 0.15) is 23.2 Å². The van der Waals surface area contributed by atoms with E-state index in [0.29, 0.717) is 12.0 Å². The predicted octanol–water partition coefficient (Wildman–Crippen LogP) is 4.82. The van der Waals surface area contributed by atoms with Crippen LogP contribution in [0.4, 0.5) is 0 Å². The third-order valence-electron chi connectivity index (χ3n) is 5.36. The van der Waals surface area contributed by atoms with E-state index in [2.05, 4.69) is 0 Å². The molecule has 0 heterocycles. The second kappa shape index (κ2) is 15.1. The molecule has 0 radical (unpaired) electrons. The summed E-state index contributed by atoms with van der Waals surface area (Å²) in [5.41, 5.74) is 0.337. The number of ether oxygens (including phenoxy) is 3. The number of aromatic hydroxyl groups is 2. The van der Waals surface area contributed by atoms with Crippen molar-refractivity contribution >= 4 is 17.9 Å². The van der Waals surface area contributed by atoms with Crippen molar-refractivity contribution in [1.82, 2.24) is 0 Å². The Hall–Kier alpha value is -2.77. The van der Waals surface area contributed by atoms with E-state index in [0.717, 1.165) is 57.4 Å². The first kappa shape index (κ1) is 28.3. The Morgan fingerprint density at radius 3 is 1.94 bits per heavy atom. The summed E-state index contributed by atoms with van der Waals surface area (Å²) in [7, 11) is 1.21. The lowest BCUT2D eigenvalue weighted by molar-refractivity contribution is -0.147. The zero-order valence-corrected chi connectivity index (χ0v) is 20.2. The van der Waals surface area contributed by atoms with E-state index in [1.165, 1.54) is 27.0 Å². The number of unbranched alkanes of at least 4 members (excludes halogenated alkanes) is 6. The van der Waals surface area contributed by atoms with Crippen LogP contribution in [0.5, 0.6) is 11.5 Å². The zero-order valence-electron chi connectivity index (χ0n) is 20.2. The lowest BCUT2D eigenvalue weighted by Gasteiger charge is -2.19. The van der Waals surface area contributed by atoms with E-state index >= 15 is 0 Å². The number of hydrogen-bond donors (Lipinski definition) is 2. The van der Waals surface area contributed by atoms with Crippen LogP contribution in [-0.2, 0) is 30.2 Å². The molecule has 0 spiro atoms. The van der Waals surface area contributed by atoms with E-state index in [4.69, 9.17) is 14.2 Å². The van der Waals surface area contributed by atoms with E-state index in [1.807, 2.05) is 6.92 Å². The van der Waals surface area contributed by atoms with Crippen molar-refractivity contribution in [3.63, 3.8) is 0 Å². The molecule has 8 nitrogen and oxygen atoms in total. The van der Waals surface area contributed by atoms with Gasteiger partial charge in [-0.3, -0.25) is 9.59 Å². The predicted molar refractivity (Wildman–Crippen MR) is 123 cm³/mol. The Balaban J connectivity index is 2.46. The molecule has 0 aliphatic heterocycles. The number of phenols is 2. The minimum atomic E-state index is -0.716. The fourth-order valence-corrected chi connectivity index (χ4v) is 3.88. The molecule has 0 bridgehead atoms. The van der Waals surface area contributed by atoms with Crippen LogP contribution < -0.4 is 0 Å². The maximum atomic E-state index is 12.1. The van der Waals surface area contributed by atoms with Crippen LogP contribution >= 0.6 is 0 Å². The van der Waals surface area contributed by atoms with E-state index in [-0.39, 0.29) is 35.6 Å². The third-order valence-corrected chi connectivity index (χ3v) is 5.36. The van der Waals surface area contributed by atoms with Gasteiger partial charge in [0, 0.05) is 26.3 Å². The second-order valence-electron chi connectivity index (χ2n) is 8.40. The molecule has 0 amide bonds. The second-order valence-corrected chi connectivity index (χ2v) is 8.40. The van der Waals surface area contributed by atoms with Gasteiger partial charge in [-0.05, 0) is 44.2 Å². The van der Waals surface area contributed by atoms with Crippen molar-refractivity contribution < 1.29 is 38.8 Å². The Bertz CT molecular complexity index is 774. The Morgan fingerprint density at radius 2 is 1.39 bits per heavy atom. The topological polar surface area (TPSA) is 119 Å². The number of benzene rings is 1. The molecule has 33 heavy (non-hydrogen) atoms. The van der Waals surface area contributed by atoms with Crippen molar-refractivity contribution in [3.8, 4) is 11.5 Å². The van der Waals surface area contributed by atoms with Gasteiger partial charge >= 0.3 is 17.9 Å². The summed E-state index contributed by atoms with van der Waals surface area (Å²) >= 11 is 0. The summed E-state index contributed by atoms with van der Waals surface area (Å²) < 4.78 is 15.3. The highest BCUT2D eigenvalue weighted by Crippen LogP contribution is 2.30. The fourth-order valence-electron chi connectivity index (χ4n) is 3.88. The van der Waals surface area contributed by atoms with Gasteiger partial charge in [0.05, 0.1) is 13.2 Å². The van der Waals surface area contributed by atoms with Gasteiger partial charge in [-0.25, -0.2) is 4.79 Å². The van der Waals surface area contributed by atoms with Gasteiger partial charge in [-0.2, -0.15) is 0 Å². The minimum Gasteiger partial charge on any atom is -0.508 e. The molecule has 2 N–H and O–H groups in total.